The summed E-state index contributed by atoms with van der Waals surface area (Å²) in [6, 6.07) is 33.4. The number of rotatable bonds is 8. The van der Waals surface area contributed by atoms with Gasteiger partial charge in [0.15, 0.2) is 12.0 Å². The summed E-state index contributed by atoms with van der Waals surface area (Å²) in [5.41, 5.74) is 10.8. The summed E-state index contributed by atoms with van der Waals surface area (Å²) in [7, 11) is -1.54. The number of thiazole rings is 4. The summed E-state index contributed by atoms with van der Waals surface area (Å²) in [5.74, 6) is 0.415. The van der Waals surface area contributed by atoms with Crippen LogP contribution < -0.4 is 21.7 Å². The van der Waals surface area contributed by atoms with Gasteiger partial charge in [0, 0.05) is 124 Å². The van der Waals surface area contributed by atoms with E-state index in [1.54, 1.807) is 83.5 Å². The molecule has 0 saturated carbocycles. The number of para-hydroxylation sites is 4. The van der Waals surface area contributed by atoms with Gasteiger partial charge < -0.3 is 64.5 Å². The van der Waals surface area contributed by atoms with Crippen molar-refractivity contribution in [2.75, 3.05) is 75.3 Å². The number of piperidine rings is 2. The Balaban J connectivity index is 0.000000174. The van der Waals surface area contributed by atoms with Crippen LogP contribution in [0.1, 0.15) is 205 Å². The number of nitrogen functional groups attached to an aromatic ring is 1. The number of halogens is 5. The molecule has 2 saturated heterocycles. The Hall–Kier alpha value is -11.1. The molecular formula is C100H123ClF4N14O16S7Si. The number of thiophene rings is 3. The average molecular weight is 2140 g/mol. The second kappa shape index (κ2) is 49.2. The Labute approximate surface area is 863 Å². The standard InChI is InChI=1S/C21H22FN3O3S2.C19H20FN3O2S2.C16H14FN3OS2.C13H25NO3Si.C10H16FNO3.C10H17NO3.C9H6N2S.C2H3ClO/c1-11(26)23-18-17(19-24-13-7-5-6-8-14(13)29-19)16-12(22)9-25(10-15(16)30-18)20(27)28-21(2,3)4;1-19(2,3)25-18(24)23-8-10(20)14-13(9-23)26-16(21)15(14)17-22-11-6-4-5-7-12(11)27-17;1-8(21)19-15-14(13-9(17)6-18-7-12(13)23-15)16-20-10-4-2-3-5-11(10)22-16;1-13(2,3)16-12(15)14-9-7-11(8-10-14)17-18(4,5)6;1-10(2,3)15-9(14)12-5-4-8(13)7(11)6-12;1-10(2,3)14-9(13)11-6-4-8(12)5-7-11;10-6-5-9-11-7-3-1-2-4-8(7)12-9;1-2(3)4/h5-8,12H,9-10H2,1-4H3,(H,23,26);4-7,10H,8-9,21H2,1-3H3;2-5,9,18H,6-7H2,1H3,(H,19,21);7H,8-10H2,1-6H3;7H,4-6H2,1-3H3;4-7H2,1-3H3;1-4H,5H2;1H3. The molecule has 4 unspecified atom stereocenters. The fourth-order valence-corrected chi connectivity index (χ4v) is 23.4. The quantitative estimate of drug-likeness (QED) is 0.0475. The number of hydrogen-bond donors (Lipinski definition) is 4. The SMILES string of the molecule is CC(=O)Cl.CC(=O)Nc1sc2c(c1-c1nc3ccccc3s1)C(F)CN(C(=O)OC(C)(C)C)C2.CC(=O)Nc1sc2c(c1-c1nc3ccccc3s1)C(F)CNC2.CC(C)(C)OC(=O)N1CC=C(O[Si](C)(C)C)CC1.CC(C)(C)OC(=O)N1CCC(=O)C(F)C1.CC(C)(C)OC(=O)N1CCC(=O)CC1.CC(C)(C)OC(=O)N1Cc2sc(N)c(-c3nc4ccccc4s3)c2C(F)C1.N#CCc1nc2ccccc2s1. The van der Waals surface area contributed by atoms with E-state index >= 15 is 8.78 Å². The minimum atomic E-state index is -1.56. The number of benzene rings is 4. The molecule has 2 fully saturated rings. The van der Waals surface area contributed by atoms with Crippen molar-refractivity contribution in [2.45, 2.75) is 249 Å². The number of fused-ring (bicyclic) bond motifs is 7. The first kappa shape index (κ1) is 114. The van der Waals surface area contributed by atoms with Gasteiger partial charge in [-0.05, 0) is 190 Å². The van der Waals surface area contributed by atoms with Crippen LogP contribution in [0.3, 0.4) is 0 Å². The lowest BCUT2D eigenvalue weighted by atomic mass is 10.0. The first-order chi connectivity index (χ1) is 66.9. The summed E-state index contributed by atoms with van der Waals surface area (Å²) in [6.07, 6.45) is -3.37. The van der Waals surface area contributed by atoms with Gasteiger partial charge in [-0.1, -0.05) is 48.5 Å². The fourth-order valence-electron chi connectivity index (χ4n) is 14.6. The van der Waals surface area contributed by atoms with Crippen molar-refractivity contribution < 1.29 is 93.6 Å². The number of nitrogens with zero attached hydrogens (tertiary/aromatic N) is 10. The van der Waals surface area contributed by atoms with Crippen LogP contribution in [0.4, 0.5) is 56.5 Å². The zero-order valence-corrected chi connectivity index (χ0v) is 91.4. The van der Waals surface area contributed by atoms with Gasteiger partial charge in [-0.25, -0.2) is 61.5 Å². The Morgan fingerprint density at radius 2 is 0.818 bits per heavy atom. The van der Waals surface area contributed by atoms with Crippen LogP contribution in [-0.4, -0.2) is 205 Å². The lowest BCUT2D eigenvalue weighted by molar-refractivity contribution is -0.127. The molecule has 143 heavy (non-hydrogen) atoms. The van der Waals surface area contributed by atoms with Crippen molar-refractivity contribution >= 4 is 214 Å². The number of likely N-dealkylation sites (tertiary alicyclic amines) is 2. The number of carbonyl (C=O) groups excluding carboxylic acids is 10. The number of nitrogens with two attached hydrogens (primary N) is 1. The number of ketones is 2. The Morgan fingerprint density at radius 1 is 0.469 bits per heavy atom. The van der Waals surface area contributed by atoms with Crippen molar-refractivity contribution in [3.8, 4) is 37.8 Å². The van der Waals surface area contributed by atoms with Crippen LogP contribution >= 0.6 is 91.0 Å². The Bertz CT molecular complexity index is 6340. The number of alkyl halides is 4. The van der Waals surface area contributed by atoms with Crippen molar-refractivity contribution in [1.29, 1.82) is 5.26 Å². The molecule has 770 valence electrons. The van der Waals surface area contributed by atoms with Crippen LogP contribution in [0.5, 0.6) is 0 Å². The molecule has 5 N–H and O–H groups in total. The van der Waals surface area contributed by atoms with Gasteiger partial charge in [0.05, 0.1) is 114 Å². The van der Waals surface area contributed by atoms with Gasteiger partial charge >= 0.3 is 30.5 Å². The zero-order chi connectivity index (χ0) is 105. The maximum Gasteiger partial charge on any atom is 0.410 e. The number of hydrogen-bond acceptors (Lipinski definition) is 30. The number of nitriles is 1. The van der Waals surface area contributed by atoms with Gasteiger partial charge in [-0.15, -0.1) is 79.4 Å². The molecule has 6 aliphatic rings. The van der Waals surface area contributed by atoms with E-state index < -0.39 is 85.1 Å². The molecule has 4 atom stereocenters. The third-order valence-corrected chi connectivity index (χ3v) is 28.6. The van der Waals surface area contributed by atoms with Crippen LogP contribution in [0.15, 0.2) is 109 Å². The predicted octanol–water partition coefficient (Wildman–Crippen LogP) is 24.8. The highest BCUT2D eigenvalue weighted by Crippen LogP contribution is 2.52. The summed E-state index contributed by atoms with van der Waals surface area (Å²) >= 11 is 14.7. The molecule has 4 aromatic carbocycles. The lowest BCUT2D eigenvalue weighted by Crippen LogP contribution is -2.47. The zero-order valence-electron chi connectivity index (χ0n) is 84.0. The third kappa shape index (κ3) is 34.0. The maximum atomic E-state index is 15.4. The molecule has 6 aliphatic heterocycles. The highest BCUT2D eigenvalue weighted by molar-refractivity contribution is 7.24. The van der Waals surface area contributed by atoms with Gasteiger partial charge in [0.2, 0.25) is 25.4 Å². The highest BCUT2D eigenvalue weighted by Gasteiger charge is 2.41. The lowest BCUT2D eigenvalue weighted by Gasteiger charge is -2.31. The molecular weight excluding hydrogens is 2020 g/mol. The molecule has 30 nitrogen and oxygen atoms in total. The minimum absolute atomic E-state index is 0.0457. The smallest absolute Gasteiger partial charge is 0.410 e. The molecule has 0 spiro atoms. The number of amides is 7. The topological polar surface area (TPSA) is 380 Å². The molecule has 43 heteroatoms. The number of anilines is 3. The van der Waals surface area contributed by atoms with Crippen LogP contribution in [-0.2, 0) is 78.1 Å². The molecule has 7 amide bonds. The summed E-state index contributed by atoms with van der Waals surface area (Å²) in [4.78, 5) is 142. The summed E-state index contributed by atoms with van der Waals surface area (Å²) in [5, 5.41) is 21.7. The molecule has 0 radical (unpaired) electrons. The van der Waals surface area contributed by atoms with Gasteiger partial charge in [0.1, 0.15) is 82.3 Å². The predicted molar refractivity (Wildman–Crippen MR) is 563 cm³/mol. The monoisotopic (exact) mass is 2140 g/mol. The largest absolute Gasteiger partial charge is 0.547 e. The van der Waals surface area contributed by atoms with Crippen molar-refractivity contribution in [1.82, 2.24) is 49.8 Å². The maximum absolute atomic E-state index is 15.4. The second-order valence-corrected chi connectivity index (χ2v) is 52.1. The first-order valence-corrected chi connectivity index (χ1v) is 55.7. The van der Waals surface area contributed by atoms with E-state index in [1.165, 1.54) is 103 Å². The number of Topliss-reactive ketones (excluding diaryl/α,β-unsaturated/α-hetero) is 2. The van der Waals surface area contributed by atoms with E-state index in [0.717, 1.165) is 83.4 Å². The second-order valence-electron chi connectivity index (χ2n) is 39.6. The summed E-state index contributed by atoms with van der Waals surface area (Å²) < 4.78 is 94.6. The highest BCUT2D eigenvalue weighted by atomic mass is 35.5. The fraction of sp³-hybridized carbons (Fsp3) is 0.470. The molecule has 0 aliphatic carbocycles. The number of ether oxygens (including phenoxy) is 5. The Kier molecular flexibility index (Phi) is 39.1. The molecule has 17 rings (SSSR count). The number of nitrogens with one attached hydrogen (secondary N) is 3. The van der Waals surface area contributed by atoms with E-state index in [4.69, 9.17) is 39.1 Å². The number of carbonyl (C=O) groups is 10. The first-order valence-electron chi connectivity index (χ1n) is 46.2. The van der Waals surface area contributed by atoms with Crippen LogP contribution in [0.25, 0.3) is 72.6 Å². The average Bonchev–Trinajstić information content (AvgIpc) is 1.62. The normalized spacial score (nSPS) is 16.8. The molecule has 0 bridgehead atoms. The molecule has 13 heterocycles. The van der Waals surface area contributed by atoms with E-state index in [-0.39, 0.29) is 74.2 Å². The van der Waals surface area contributed by atoms with Gasteiger partial charge in [-0.3, -0.25) is 33.8 Å². The van der Waals surface area contributed by atoms with Crippen molar-refractivity contribution in [2.24, 2.45) is 0 Å². The molecule has 11 aromatic rings. The van der Waals surface area contributed by atoms with Crippen molar-refractivity contribution in [3.63, 3.8) is 0 Å². The number of aromatic nitrogens is 4. The van der Waals surface area contributed by atoms with E-state index in [2.05, 4.69) is 73.2 Å². The van der Waals surface area contributed by atoms with E-state index in [1.807, 2.05) is 145 Å². The van der Waals surface area contributed by atoms with Gasteiger partial charge in [0.25, 0.3) is 0 Å². The van der Waals surface area contributed by atoms with Gasteiger partial charge in [-0.2, -0.15) is 5.26 Å². The summed E-state index contributed by atoms with van der Waals surface area (Å²) in [6.45, 7) is 41.3. The van der Waals surface area contributed by atoms with Crippen LogP contribution in [0, 0.1) is 11.3 Å². The molecule has 7 aromatic heterocycles. The third-order valence-electron chi connectivity index (χ3n) is 20.3. The Morgan fingerprint density at radius 3 is 1.20 bits per heavy atom. The van der Waals surface area contributed by atoms with Crippen molar-refractivity contribution in [3.05, 3.63) is 145 Å². The van der Waals surface area contributed by atoms with Crippen LogP contribution in [0.2, 0.25) is 19.6 Å². The minimum Gasteiger partial charge on any atom is -0.547 e. The van der Waals surface area contributed by atoms with E-state index in [0.29, 0.717) is 118 Å². The van der Waals surface area contributed by atoms with E-state index in [9.17, 15) is 56.7 Å².